The van der Waals surface area contributed by atoms with Crippen LogP contribution in [0.4, 0.5) is 0 Å². The van der Waals surface area contributed by atoms with Crippen LogP contribution in [0.3, 0.4) is 0 Å². The van der Waals surface area contributed by atoms with E-state index in [2.05, 4.69) is 18.7 Å². The van der Waals surface area contributed by atoms with Gasteiger partial charge in [0.15, 0.2) is 0 Å². The summed E-state index contributed by atoms with van der Waals surface area (Å²) in [6.07, 6.45) is 6.81. The maximum Gasteiger partial charge on any atom is 0.127 e. The molecule has 0 aromatic rings. The van der Waals surface area contributed by atoms with Crippen molar-refractivity contribution in [3.05, 3.63) is 0 Å². The number of nitrogens with zero attached hydrogens (tertiary/aromatic N) is 1. The van der Waals surface area contributed by atoms with Gasteiger partial charge in [-0.15, -0.1) is 0 Å². The van der Waals surface area contributed by atoms with Crippen molar-refractivity contribution in [3.63, 3.8) is 0 Å². The number of carbonyl (C=O) groups excluding carboxylic acids is 1. The molecule has 0 saturated heterocycles. The van der Waals surface area contributed by atoms with Gasteiger partial charge in [0, 0.05) is 24.5 Å². The highest BCUT2D eigenvalue weighted by Gasteiger charge is 2.34. The van der Waals surface area contributed by atoms with Gasteiger partial charge in [-0.2, -0.15) is 0 Å². The predicted octanol–water partition coefficient (Wildman–Crippen LogP) is 1.84. The largest absolute Gasteiger partial charge is 0.395 e. The average molecular weight is 227 g/mol. The molecule has 0 amide bonds. The van der Waals surface area contributed by atoms with E-state index >= 15 is 0 Å². The zero-order valence-corrected chi connectivity index (χ0v) is 10.6. The molecule has 94 valence electrons. The lowest BCUT2D eigenvalue weighted by atomic mass is 9.74. The SMILES string of the molecule is CC(C)N(CCO)CC1(C=O)CCCCC1. The standard InChI is InChI=1S/C13H25NO2/c1-12(2)14(8-9-15)10-13(11-16)6-4-3-5-7-13/h11-12,15H,3-10H2,1-2H3. The second-order valence-electron chi connectivity index (χ2n) is 5.33. The highest BCUT2D eigenvalue weighted by Crippen LogP contribution is 2.35. The smallest absolute Gasteiger partial charge is 0.127 e. The van der Waals surface area contributed by atoms with Crippen LogP contribution in [-0.2, 0) is 4.79 Å². The highest BCUT2D eigenvalue weighted by atomic mass is 16.3. The molecule has 0 aromatic carbocycles. The van der Waals surface area contributed by atoms with Crippen LogP contribution >= 0.6 is 0 Å². The molecule has 0 spiro atoms. The zero-order chi connectivity index (χ0) is 12.0. The van der Waals surface area contributed by atoms with Gasteiger partial charge in [0.05, 0.1) is 6.61 Å². The van der Waals surface area contributed by atoms with Gasteiger partial charge in [-0.1, -0.05) is 19.3 Å². The van der Waals surface area contributed by atoms with Gasteiger partial charge in [0.2, 0.25) is 0 Å². The molecule has 0 radical (unpaired) electrons. The van der Waals surface area contributed by atoms with E-state index in [0.717, 1.165) is 19.4 Å². The molecule has 0 heterocycles. The highest BCUT2D eigenvalue weighted by molar-refractivity contribution is 5.60. The van der Waals surface area contributed by atoms with Crippen LogP contribution in [0.15, 0.2) is 0 Å². The molecule has 1 N–H and O–H groups in total. The minimum Gasteiger partial charge on any atom is -0.395 e. The normalized spacial score (nSPS) is 20.3. The molecule has 16 heavy (non-hydrogen) atoms. The van der Waals surface area contributed by atoms with Crippen molar-refractivity contribution in [2.45, 2.75) is 52.0 Å². The minimum absolute atomic E-state index is 0.141. The Labute approximate surface area is 98.8 Å². The molecule has 1 fully saturated rings. The summed E-state index contributed by atoms with van der Waals surface area (Å²) in [5, 5.41) is 9.04. The molecule has 0 aliphatic heterocycles. The number of hydrogen-bond donors (Lipinski definition) is 1. The third kappa shape index (κ3) is 3.56. The van der Waals surface area contributed by atoms with Crippen molar-refractivity contribution in [3.8, 4) is 0 Å². The van der Waals surface area contributed by atoms with Crippen LogP contribution in [-0.4, -0.2) is 42.0 Å². The molecule has 0 aromatic heterocycles. The molecular formula is C13H25NO2. The lowest BCUT2D eigenvalue weighted by Gasteiger charge is -2.38. The second-order valence-corrected chi connectivity index (χ2v) is 5.33. The van der Waals surface area contributed by atoms with E-state index in [1.54, 1.807) is 0 Å². The minimum atomic E-state index is -0.141. The first-order valence-corrected chi connectivity index (χ1v) is 6.45. The summed E-state index contributed by atoms with van der Waals surface area (Å²) >= 11 is 0. The monoisotopic (exact) mass is 227 g/mol. The molecule has 3 heteroatoms. The summed E-state index contributed by atoms with van der Waals surface area (Å²) < 4.78 is 0. The number of aldehydes is 1. The fraction of sp³-hybridized carbons (Fsp3) is 0.923. The molecule has 0 atom stereocenters. The fourth-order valence-corrected chi connectivity index (χ4v) is 2.62. The molecule has 0 bridgehead atoms. The first-order chi connectivity index (χ1) is 7.63. The Morgan fingerprint density at radius 1 is 1.31 bits per heavy atom. The fourth-order valence-electron chi connectivity index (χ4n) is 2.62. The van der Waals surface area contributed by atoms with Gasteiger partial charge in [-0.25, -0.2) is 0 Å². The summed E-state index contributed by atoms with van der Waals surface area (Å²) in [6, 6.07) is 0.394. The zero-order valence-electron chi connectivity index (χ0n) is 10.6. The maximum atomic E-state index is 11.4. The predicted molar refractivity (Wildman–Crippen MR) is 65.4 cm³/mol. The first kappa shape index (κ1) is 13.7. The Bertz CT molecular complexity index is 210. The van der Waals surface area contributed by atoms with Gasteiger partial charge in [-0.05, 0) is 26.7 Å². The van der Waals surface area contributed by atoms with Gasteiger partial charge in [-0.3, -0.25) is 4.90 Å². The molecule has 1 rings (SSSR count). The van der Waals surface area contributed by atoms with Crippen molar-refractivity contribution in [2.75, 3.05) is 19.7 Å². The maximum absolute atomic E-state index is 11.4. The Morgan fingerprint density at radius 3 is 2.38 bits per heavy atom. The van der Waals surface area contributed by atoms with Crippen molar-refractivity contribution in [1.29, 1.82) is 0 Å². The molecular weight excluding hydrogens is 202 g/mol. The topological polar surface area (TPSA) is 40.5 Å². The van der Waals surface area contributed by atoms with Crippen LogP contribution in [0.5, 0.6) is 0 Å². The van der Waals surface area contributed by atoms with Gasteiger partial charge >= 0.3 is 0 Å². The lowest BCUT2D eigenvalue weighted by molar-refractivity contribution is -0.119. The van der Waals surface area contributed by atoms with Gasteiger partial charge in [0.1, 0.15) is 6.29 Å². The quantitative estimate of drug-likeness (QED) is 0.704. The first-order valence-electron chi connectivity index (χ1n) is 6.45. The number of hydrogen-bond acceptors (Lipinski definition) is 3. The summed E-state index contributed by atoms with van der Waals surface area (Å²) in [6.45, 7) is 5.91. The average Bonchev–Trinajstić information content (AvgIpc) is 2.29. The van der Waals surface area contributed by atoms with E-state index < -0.39 is 0 Å². The van der Waals surface area contributed by atoms with Crippen LogP contribution in [0.25, 0.3) is 0 Å². The molecule has 1 aliphatic rings. The summed E-state index contributed by atoms with van der Waals surface area (Å²) in [5.41, 5.74) is -0.141. The van der Waals surface area contributed by atoms with Gasteiger partial charge < -0.3 is 9.90 Å². The Balaban J connectivity index is 2.61. The van der Waals surface area contributed by atoms with E-state index in [9.17, 15) is 4.79 Å². The van der Waals surface area contributed by atoms with Crippen LogP contribution in [0.2, 0.25) is 0 Å². The third-order valence-corrected chi connectivity index (χ3v) is 3.73. The van der Waals surface area contributed by atoms with E-state index in [1.165, 1.54) is 25.5 Å². The van der Waals surface area contributed by atoms with Crippen LogP contribution in [0.1, 0.15) is 46.0 Å². The number of aliphatic hydroxyl groups excluding tert-OH is 1. The number of aliphatic hydroxyl groups is 1. The Morgan fingerprint density at radius 2 is 1.94 bits per heavy atom. The van der Waals surface area contributed by atoms with Crippen molar-refractivity contribution >= 4 is 6.29 Å². The summed E-state index contributed by atoms with van der Waals surface area (Å²) in [5.74, 6) is 0. The van der Waals surface area contributed by atoms with Crippen LogP contribution < -0.4 is 0 Å². The summed E-state index contributed by atoms with van der Waals surface area (Å²) in [4.78, 5) is 13.6. The molecule has 3 nitrogen and oxygen atoms in total. The van der Waals surface area contributed by atoms with Crippen LogP contribution in [0, 0.1) is 5.41 Å². The summed E-state index contributed by atoms with van der Waals surface area (Å²) in [7, 11) is 0. The van der Waals surface area contributed by atoms with E-state index in [1.807, 2.05) is 0 Å². The van der Waals surface area contributed by atoms with E-state index in [-0.39, 0.29) is 12.0 Å². The lowest BCUT2D eigenvalue weighted by Crippen LogP contribution is -2.44. The van der Waals surface area contributed by atoms with Gasteiger partial charge in [0.25, 0.3) is 0 Å². The van der Waals surface area contributed by atoms with Crippen molar-refractivity contribution in [1.82, 2.24) is 4.90 Å². The molecule has 1 aliphatic carbocycles. The Hall–Kier alpha value is -0.410. The Kier molecular flexibility index (Phi) is 5.42. The van der Waals surface area contributed by atoms with Crippen molar-refractivity contribution < 1.29 is 9.90 Å². The number of carbonyl (C=O) groups is 1. The van der Waals surface area contributed by atoms with Crippen molar-refractivity contribution in [2.24, 2.45) is 5.41 Å². The molecule has 0 unspecified atom stereocenters. The second kappa shape index (κ2) is 6.36. The van der Waals surface area contributed by atoms with E-state index in [4.69, 9.17) is 5.11 Å². The third-order valence-electron chi connectivity index (χ3n) is 3.73. The number of rotatable bonds is 6. The molecule has 1 saturated carbocycles. The van der Waals surface area contributed by atoms with E-state index in [0.29, 0.717) is 12.6 Å².